The van der Waals surface area contributed by atoms with Crippen molar-refractivity contribution in [1.29, 1.82) is 0 Å². The molecule has 0 radical (unpaired) electrons. The number of nitrogens with zero attached hydrogens (tertiary/aromatic N) is 1. The monoisotopic (exact) mass is 469 g/mol. The maximum atomic E-state index is 13.3. The zero-order valence-corrected chi connectivity index (χ0v) is 20.5. The highest BCUT2D eigenvalue weighted by atomic mass is 19.1. The van der Waals surface area contributed by atoms with Gasteiger partial charge < -0.3 is 20.5 Å². The SMILES string of the molecule is CC(=O)N[C@@H](Cc1ccc(F)cc1)[C@@H](O)CN[C@H]1CC2(CC2)Oc2ncc(CC(C)(C)C)cc21. The average molecular weight is 470 g/mol. The fourth-order valence-corrected chi connectivity index (χ4v) is 4.74. The Labute approximate surface area is 201 Å². The summed E-state index contributed by atoms with van der Waals surface area (Å²) in [7, 11) is 0. The summed E-state index contributed by atoms with van der Waals surface area (Å²) in [6.07, 6.45) is 5.27. The number of aromatic nitrogens is 1. The number of amides is 1. The van der Waals surface area contributed by atoms with Crippen molar-refractivity contribution in [2.24, 2.45) is 5.41 Å². The van der Waals surface area contributed by atoms with E-state index in [0.717, 1.165) is 36.8 Å². The van der Waals surface area contributed by atoms with Crippen LogP contribution in [0, 0.1) is 11.2 Å². The first-order chi connectivity index (χ1) is 16.0. The summed E-state index contributed by atoms with van der Waals surface area (Å²) in [6.45, 7) is 8.36. The molecule has 6 nitrogen and oxygen atoms in total. The number of pyridine rings is 1. The van der Waals surface area contributed by atoms with Gasteiger partial charge in [-0.25, -0.2) is 9.37 Å². The Morgan fingerprint density at radius 2 is 1.97 bits per heavy atom. The predicted octanol–water partition coefficient (Wildman–Crippen LogP) is 3.86. The van der Waals surface area contributed by atoms with Crippen molar-refractivity contribution >= 4 is 5.91 Å². The smallest absolute Gasteiger partial charge is 0.218 e. The van der Waals surface area contributed by atoms with Crippen molar-refractivity contribution in [2.45, 2.75) is 83.6 Å². The van der Waals surface area contributed by atoms with E-state index in [0.29, 0.717) is 18.8 Å². The quantitative estimate of drug-likeness (QED) is 0.547. The summed E-state index contributed by atoms with van der Waals surface area (Å²) < 4.78 is 19.5. The van der Waals surface area contributed by atoms with Crippen molar-refractivity contribution in [3.63, 3.8) is 0 Å². The number of aliphatic hydroxyl groups excluding tert-OH is 1. The second-order valence-corrected chi connectivity index (χ2v) is 11.1. The van der Waals surface area contributed by atoms with Crippen LogP contribution in [0.25, 0.3) is 0 Å². The molecule has 1 saturated carbocycles. The normalized spacial score (nSPS) is 20.2. The molecule has 4 rings (SSSR count). The highest BCUT2D eigenvalue weighted by Gasteiger charge is 2.51. The van der Waals surface area contributed by atoms with Crippen LogP contribution < -0.4 is 15.4 Å². The number of halogens is 1. The largest absolute Gasteiger partial charge is 0.471 e. The summed E-state index contributed by atoms with van der Waals surface area (Å²) in [6, 6.07) is 7.84. The minimum absolute atomic E-state index is 0.0112. The fraction of sp³-hybridized carbons (Fsp3) is 0.556. The first kappa shape index (κ1) is 24.6. The molecule has 0 bridgehead atoms. The molecule has 1 aromatic carbocycles. The van der Waals surface area contributed by atoms with E-state index in [4.69, 9.17) is 4.74 Å². The van der Waals surface area contributed by atoms with Gasteiger partial charge in [0.15, 0.2) is 0 Å². The van der Waals surface area contributed by atoms with E-state index < -0.39 is 12.1 Å². The molecule has 2 aliphatic rings. The standard InChI is InChI=1S/C27H36FN3O3/c1-17(32)31-22(12-18-5-7-20(28)8-6-18)24(33)16-29-23-14-27(9-10-27)34-25-21(23)11-19(15-30-25)13-26(2,3)4/h5-8,11,15,22-24,29,33H,9-10,12-14,16H2,1-4H3,(H,31,32)/t22-,23-,24-/m0/s1. The van der Waals surface area contributed by atoms with Gasteiger partial charge in [0.05, 0.1) is 12.1 Å². The third-order valence-electron chi connectivity index (χ3n) is 6.54. The van der Waals surface area contributed by atoms with Crippen molar-refractivity contribution < 1.29 is 19.0 Å². The van der Waals surface area contributed by atoms with E-state index in [9.17, 15) is 14.3 Å². The zero-order chi connectivity index (χ0) is 24.5. The lowest BCUT2D eigenvalue weighted by Crippen LogP contribution is -2.49. The van der Waals surface area contributed by atoms with Gasteiger partial charge in [-0.05, 0) is 60.4 Å². The molecule has 0 saturated heterocycles. The van der Waals surface area contributed by atoms with Gasteiger partial charge in [0.2, 0.25) is 11.8 Å². The number of carbonyl (C=O) groups is 1. The molecule has 184 valence electrons. The topological polar surface area (TPSA) is 83.5 Å². The van der Waals surface area contributed by atoms with Crippen LogP contribution in [0.4, 0.5) is 4.39 Å². The van der Waals surface area contributed by atoms with Crippen LogP contribution in [0.15, 0.2) is 36.5 Å². The van der Waals surface area contributed by atoms with E-state index in [1.54, 1.807) is 12.1 Å². The minimum atomic E-state index is -0.818. The van der Waals surface area contributed by atoms with Gasteiger partial charge in [-0.3, -0.25) is 4.79 Å². The molecule has 1 aromatic heterocycles. The van der Waals surface area contributed by atoms with Crippen LogP contribution in [0.1, 0.15) is 69.7 Å². The van der Waals surface area contributed by atoms with Gasteiger partial charge in [-0.15, -0.1) is 0 Å². The Balaban J connectivity index is 1.48. The molecule has 3 N–H and O–H groups in total. The van der Waals surface area contributed by atoms with Crippen molar-refractivity contribution in [3.8, 4) is 5.88 Å². The lowest BCUT2D eigenvalue weighted by Gasteiger charge is -2.34. The second-order valence-electron chi connectivity index (χ2n) is 11.1. The van der Waals surface area contributed by atoms with E-state index in [1.807, 2.05) is 6.20 Å². The Morgan fingerprint density at radius 3 is 2.59 bits per heavy atom. The molecule has 7 heteroatoms. The van der Waals surface area contributed by atoms with Gasteiger partial charge in [0, 0.05) is 37.7 Å². The van der Waals surface area contributed by atoms with Gasteiger partial charge in [-0.1, -0.05) is 32.9 Å². The Bertz CT molecular complexity index is 1010. The number of rotatable bonds is 8. The number of ether oxygens (including phenoxy) is 1. The molecule has 3 atom stereocenters. The number of aliphatic hydroxyl groups is 1. The Kier molecular flexibility index (Phi) is 6.97. The first-order valence-electron chi connectivity index (χ1n) is 12.1. The minimum Gasteiger partial charge on any atom is -0.471 e. The lowest BCUT2D eigenvalue weighted by atomic mass is 9.87. The summed E-state index contributed by atoms with van der Waals surface area (Å²) in [5.74, 6) is 0.155. The molecular weight excluding hydrogens is 433 g/mol. The van der Waals surface area contributed by atoms with Crippen LogP contribution >= 0.6 is 0 Å². The molecule has 1 fully saturated rings. The maximum Gasteiger partial charge on any atom is 0.218 e. The number of carbonyl (C=O) groups excluding carboxylic acids is 1. The third-order valence-corrected chi connectivity index (χ3v) is 6.54. The summed E-state index contributed by atoms with van der Waals surface area (Å²) in [5, 5.41) is 17.4. The molecule has 1 aliphatic heterocycles. The van der Waals surface area contributed by atoms with Gasteiger partial charge in [0.25, 0.3) is 0 Å². The summed E-state index contributed by atoms with van der Waals surface area (Å²) in [4.78, 5) is 16.4. The third kappa shape index (κ3) is 6.33. The number of hydrogen-bond acceptors (Lipinski definition) is 5. The van der Waals surface area contributed by atoms with Gasteiger partial charge in [-0.2, -0.15) is 0 Å². The molecule has 1 aliphatic carbocycles. The molecule has 34 heavy (non-hydrogen) atoms. The van der Waals surface area contributed by atoms with Crippen LogP contribution in [-0.4, -0.2) is 40.3 Å². The van der Waals surface area contributed by atoms with E-state index in [1.165, 1.54) is 24.6 Å². The van der Waals surface area contributed by atoms with E-state index >= 15 is 0 Å². The van der Waals surface area contributed by atoms with Gasteiger partial charge >= 0.3 is 0 Å². The van der Waals surface area contributed by atoms with Crippen LogP contribution in [0.2, 0.25) is 0 Å². The Hall–Kier alpha value is -2.51. The van der Waals surface area contributed by atoms with E-state index in [-0.39, 0.29) is 28.8 Å². The van der Waals surface area contributed by atoms with Crippen molar-refractivity contribution in [1.82, 2.24) is 15.6 Å². The highest BCUT2D eigenvalue weighted by Crippen LogP contribution is 2.51. The van der Waals surface area contributed by atoms with Crippen molar-refractivity contribution in [2.75, 3.05) is 6.54 Å². The molecule has 0 unspecified atom stereocenters. The first-order valence-corrected chi connectivity index (χ1v) is 12.1. The number of benzene rings is 1. The summed E-state index contributed by atoms with van der Waals surface area (Å²) >= 11 is 0. The lowest BCUT2D eigenvalue weighted by molar-refractivity contribution is -0.120. The van der Waals surface area contributed by atoms with Crippen LogP contribution in [0.5, 0.6) is 5.88 Å². The van der Waals surface area contributed by atoms with Crippen LogP contribution in [-0.2, 0) is 17.6 Å². The predicted molar refractivity (Wildman–Crippen MR) is 129 cm³/mol. The van der Waals surface area contributed by atoms with Crippen LogP contribution in [0.3, 0.4) is 0 Å². The zero-order valence-electron chi connectivity index (χ0n) is 20.5. The van der Waals surface area contributed by atoms with Crippen molar-refractivity contribution in [3.05, 3.63) is 59.0 Å². The number of fused-ring (bicyclic) bond motifs is 1. The molecule has 1 spiro atoms. The second kappa shape index (κ2) is 9.62. The maximum absolute atomic E-state index is 13.3. The number of hydrogen-bond donors (Lipinski definition) is 3. The molecule has 1 amide bonds. The van der Waals surface area contributed by atoms with Gasteiger partial charge in [0.1, 0.15) is 11.4 Å². The number of nitrogens with one attached hydrogen (secondary N) is 2. The fourth-order valence-electron chi connectivity index (χ4n) is 4.74. The summed E-state index contributed by atoms with van der Waals surface area (Å²) in [5.41, 5.74) is 3.04. The highest BCUT2D eigenvalue weighted by molar-refractivity contribution is 5.73. The molecule has 2 heterocycles. The molecular formula is C27H36FN3O3. The van der Waals surface area contributed by atoms with E-state index in [2.05, 4.69) is 42.5 Å². The molecule has 2 aromatic rings. The Morgan fingerprint density at radius 1 is 1.26 bits per heavy atom. The average Bonchev–Trinajstić information content (AvgIpc) is 3.50.